The monoisotopic (exact) mass is 274 g/mol. The first-order chi connectivity index (χ1) is 9.52. The Bertz CT molecular complexity index is 523. The quantitative estimate of drug-likeness (QED) is 0.921. The van der Waals surface area contributed by atoms with Crippen LogP contribution in [0.4, 0.5) is 11.4 Å². The smallest absolute Gasteiger partial charge is 0.229 e. The van der Waals surface area contributed by atoms with E-state index in [1.807, 2.05) is 43.9 Å². The second kappa shape index (κ2) is 6.07. The number of nitrogens with zero attached hydrogens (tertiary/aromatic N) is 1. The van der Waals surface area contributed by atoms with Gasteiger partial charge >= 0.3 is 0 Å². The van der Waals surface area contributed by atoms with E-state index in [9.17, 15) is 9.59 Å². The van der Waals surface area contributed by atoms with Crippen LogP contribution < -0.4 is 10.2 Å². The Kier molecular flexibility index (Phi) is 4.42. The maximum atomic E-state index is 12.3. The maximum Gasteiger partial charge on any atom is 0.229 e. The van der Waals surface area contributed by atoms with Crippen LogP contribution in [0.1, 0.15) is 39.2 Å². The number of benzene rings is 1. The number of anilines is 2. The van der Waals surface area contributed by atoms with Crippen molar-refractivity contribution in [1.82, 2.24) is 0 Å². The minimum atomic E-state index is -0.0187. The van der Waals surface area contributed by atoms with Gasteiger partial charge in [-0.1, -0.05) is 26.8 Å². The molecule has 1 aromatic rings. The minimum absolute atomic E-state index is 0.0116. The van der Waals surface area contributed by atoms with Crippen LogP contribution in [0, 0.1) is 5.92 Å². The molecule has 0 atom stereocenters. The fourth-order valence-corrected chi connectivity index (χ4v) is 2.44. The van der Waals surface area contributed by atoms with Crippen molar-refractivity contribution in [2.24, 2.45) is 5.92 Å². The molecular weight excluding hydrogens is 252 g/mol. The third kappa shape index (κ3) is 3.00. The first-order valence-corrected chi connectivity index (χ1v) is 7.27. The number of nitrogens with one attached hydrogen (secondary N) is 1. The van der Waals surface area contributed by atoms with Crippen molar-refractivity contribution < 1.29 is 9.59 Å². The molecule has 0 aromatic heterocycles. The summed E-state index contributed by atoms with van der Waals surface area (Å²) >= 11 is 0. The molecule has 2 rings (SSSR count). The molecule has 0 bridgehead atoms. The number of aryl methyl sites for hydroxylation is 1. The number of carbonyl (C=O) groups excluding carboxylic acids is 2. The van der Waals surface area contributed by atoms with Crippen LogP contribution in [0.5, 0.6) is 0 Å². The van der Waals surface area contributed by atoms with Crippen molar-refractivity contribution in [2.75, 3.05) is 16.8 Å². The van der Waals surface area contributed by atoms with Crippen LogP contribution >= 0.6 is 0 Å². The average Bonchev–Trinajstić information content (AvgIpc) is 2.45. The van der Waals surface area contributed by atoms with Crippen LogP contribution in [0.25, 0.3) is 0 Å². The molecular formula is C16H22N2O2. The largest absolute Gasteiger partial charge is 0.326 e. The van der Waals surface area contributed by atoms with Crippen LogP contribution in [0.15, 0.2) is 18.2 Å². The SMILES string of the molecule is CCC(=O)Nc1ccc2c(c1)N(C(=O)C(C)C)CCC2. The summed E-state index contributed by atoms with van der Waals surface area (Å²) in [4.78, 5) is 25.6. The molecule has 0 radical (unpaired) electrons. The Labute approximate surface area is 120 Å². The molecule has 4 nitrogen and oxygen atoms in total. The topological polar surface area (TPSA) is 49.4 Å². The summed E-state index contributed by atoms with van der Waals surface area (Å²) in [5.41, 5.74) is 2.89. The average molecular weight is 274 g/mol. The van der Waals surface area contributed by atoms with Crippen molar-refractivity contribution in [2.45, 2.75) is 40.0 Å². The lowest BCUT2D eigenvalue weighted by Gasteiger charge is -2.31. The van der Waals surface area contributed by atoms with Gasteiger partial charge in [-0.15, -0.1) is 0 Å². The van der Waals surface area contributed by atoms with Gasteiger partial charge in [-0.3, -0.25) is 9.59 Å². The second-order valence-electron chi connectivity index (χ2n) is 5.49. The van der Waals surface area contributed by atoms with E-state index in [0.717, 1.165) is 30.8 Å². The molecule has 0 saturated heterocycles. The normalized spacial score (nSPS) is 14.1. The molecule has 4 heteroatoms. The van der Waals surface area contributed by atoms with E-state index < -0.39 is 0 Å². The van der Waals surface area contributed by atoms with Gasteiger partial charge < -0.3 is 10.2 Å². The number of fused-ring (bicyclic) bond motifs is 1. The molecule has 1 aliphatic rings. The number of carbonyl (C=O) groups is 2. The Morgan fingerprint density at radius 1 is 1.35 bits per heavy atom. The molecule has 0 saturated carbocycles. The third-order valence-electron chi connectivity index (χ3n) is 3.57. The number of hydrogen-bond acceptors (Lipinski definition) is 2. The van der Waals surface area contributed by atoms with Gasteiger partial charge in [0, 0.05) is 30.3 Å². The standard InChI is InChI=1S/C16H22N2O2/c1-4-15(19)17-13-8-7-12-6-5-9-18(14(12)10-13)16(20)11(2)3/h7-8,10-11H,4-6,9H2,1-3H3,(H,17,19). The molecule has 0 fully saturated rings. The zero-order valence-corrected chi connectivity index (χ0v) is 12.4. The highest BCUT2D eigenvalue weighted by Gasteiger charge is 2.24. The fourth-order valence-electron chi connectivity index (χ4n) is 2.44. The predicted octanol–water partition coefficient (Wildman–Crippen LogP) is 2.97. The minimum Gasteiger partial charge on any atom is -0.326 e. The summed E-state index contributed by atoms with van der Waals surface area (Å²) in [5, 5.41) is 2.85. The number of hydrogen-bond donors (Lipinski definition) is 1. The summed E-state index contributed by atoms with van der Waals surface area (Å²) in [6.07, 6.45) is 2.43. The molecule has 0 spiro atoms. The first-order valence-electron chi connectivity index (χ1n) is 7.27. The van der Waals surface area contributed by atoms with Gasteiger partial charge in [0.25, 0.3) is 0 Å². The van der Waals surface area contributed by atoms with Gasteiger partial charge in [-0.05, 0) is 30.5 Å². The van der Waals surface area contributed by atoms with Gasteiger partial charge in [-0.2, -0.15) is 0 Å². The van der Waals surface area contributed by atoms with E-state index in [2.05, 4.69) is 5.32 Å². The molecule has 108 valence electrons. The fraction of sp³-hybridized carbons (Fsp3) is 0.500. The van der Waals surface area contributed by atoms with Crippen LogP contribution in [-0.4, -0.2) is 18.4 Å². The van der Waals surface area contributed by atoms with Gasteiger partial charge in [0.05, 0.1) is 0 Å². The summed E-state index contributed by atoms with van der Waals surface area (Å²) in [6, 6.07) is 5.85. The molecule has 2 amide bonds. The molecule has 20 heavy (non-hydrogen) atoms. The van der Waals surface area contributed by atoms with E-state index in [0.29, 0.717) is 6.42 Å². The lowest BCUT2D eigenvalue weighted by atomic mass is 9.99. The molecule has 1 aliphatic heterocycles. The predicted molar refractivity (Wildman–Crippen MR) is 80.9 cm³/mol. The highest BCUT2D eigenvalue weighted by atomic mass is 16.2. The van der Waals surface area contributed by atoms with Crippen LogP contribution in [-0.2, 0) is 16.0 Å². The summed E-state index contributed by atoms with van der Waals surface area (Å²) in [7, 11) is 0. The van der Waals surface area contributed by atoms with E-state index >= 15 is 0 Å². The summed E-state index contributed by atoms with van der Waals surface area (Å²) in [5.74, 6) is 0.113. The molecule has 1 heterocycles. The maximum absolute atomic E-state index is 12.3. The molecule has 1 N–H and O–H groups in total. The second-order valence-corrected chi connectivity index (χ2v) is 5.49. The zero-order chi connectivity index (χ0) is 14.7. The van der Waals surface area contributed by atoms with Gasteiger partial charge in [0.1, 0.15) is 0 Å². The number of rotatable bonds is 3. The lowest BCUT2D eigenvalue weighted by molar-refractivity contribution is -0.121. The lowest BCUT2D eigenvalue weighted by Crippen LogP contribution is -2.38. The highest BCUT2D eigenvalue weighted by molar-refractivity contribution is 5.97. The highest BCUT2D eigenvalue weighted by Crippen LogP contribution is 2.31. The van der Waals surface area contributed by atoms with E-state index in [-0.39, 0.29) is 17.7 Å². The van der Waals surface area contributed by atoms with E-state index in [1.54, 1.807) is 0 Å². The summed E-state index contributed by atoms with van der Waals surface area (Å²) in [6.45, 7) is 6.41. The Morgan fingerprint density at radius 3 is 2.75 bits per heavy atom. The third-order valence-corrected chi connectivity index (χ3v) is 3.57. The Hall–Kier alpha value is -1.84. The van der Waals surface area contributed by atoms with Crippen molar-refractivity contribution in [3.63, 3.8) is 0 Å². The van der Waals surface area contributed by atoms with Crippen LogP contribution in [0.2, 0.25) is 0 Å². The van der Waals surface area contributed by atoms with Gasteiger partial charge in [0.2, 0.25) is 11.8 Å². The Balaban J connectivity index is 2.31. The van der Waals surface area contributed by atoms with Crippen molar-refractivity contribution in [3.8, 4) is 0 Å². The first kappa shape index (κ1) is 14.6. The van der Waals surface area contributed by atoms with Gasteiger partial charge in [-0.25, -0.2) is 0 Å². The number of amides is 2. The van der Waals surface area contributed by atoms with E-state index in [1.165, 1.54) is 5.56 Å². The van der Waals surface area contributed by atoms with Gasteiger partial charge in [0.15, 0.2) is 0 Å². The van der Waals surface area contributed by atoms with Crippen molar-refractivity contribution in [1.29, 1.82) is 0 Å². The summed E-state index contributed by atoms with van der Waals surface area (Å²) < 4.78 is 0. The van der Waals surface area contributed by atoms with Crippen LogP contribution in [0.3, 0.4) is 0 Å². The van der Waals surface area contributed by atoms with Crippen molar-refractivity contribution in [3.05, 3.63) is 23.8 Å². The molecule has 1 aromatic carbocycles. The molecule has 0 aliphatic carbocycles. The van der Waals surface area contributed by atoms with E-state index in [4.69, 9.17) is 0 Å². The molecule has 0 unspecified atom stereocenters. The zero-order valence-electron chi connectivity index (χ0n) is 12.4. The van der Waals surface area contributed by atoms with Crippen molar-refractivity contribution >= 4 is 23.2 Å². The Morgan fingerprint density at radius 2 is 2.10 bits per heavy atom.